The largest absolute Gasteiger partial charge is 0.489 e. The molecule has 0 amide bonds. The number of anilines is 1. The minimum absolute atomic E-state index is 0.0325. The third-order valence-corrected chi connectivity index (χ3v) is 7.04. The van der Waals surface area contributed by atoms with Gasteiger partial charge in [0, 0.05) is 6.54 Å². The van der Waals surface area contributed by atoms with Gasteiger partial charge in [-0.25, -0.2) is 13.2 Å². The molecule has 0 heterocycles. The van der Waals surface area contributed by atoms with Gasteiger partial charge < -0.3 is 9.47 Å². The molecule has 0 aliphatic heterocycles. The number of carbonyl (C=O) groups excluding carboxylic acids is 1. The monoisotopic (exact) mass is 453 g/mol. The number of benzene rings is 3. The molecule has 3 aromatic rings. The van der Waals surface area contributed by atoms with Gasteiger partial charge >= 0.3 is 5.97 Å². The molecule has 32 heavy (non-hydrogen) atoms. The second kappa shape index (κ2) is 9.87. The van der Waals surface area contributed by atoms with Crippen molar-refractivity contribution in [1.82, 2.24) is 0 Å². The van der Waals surface area contributed by atoms with Gasteiger partial charge in [-0.2, -0.15) is 0 Å². The van der Waals surface area contributed by atoms with E-state index in [2.05, 4.69) is 0 Å². The maximum absolute atomic E-state index is 13.3. The minimum Gasteiger partial charge on any atom is -0.489 e. The van der Waals surface area contributed by atoms with Crippen molar-refractivity contribution in [2.45, 2.75) is 32.3 Å². The average molecular weight is 454 g/mol. The van der Waals surface area contributed by atoms with Gasteiger partial charge in [-0.15, -0.1) is 0 Å². The topological polar surface area (TPSA) is 72.9 Å². The number of hydrogen-bond donors (Lipinski definition) is 0. The molecule has 6 nitrogen and oxygen atoms in total. The van der Waals surface area contributed by atoms with Crippen molar-refractivity contribution < 1.29 is 22.7 Å². The molecule has 0 aromatic heterocycles. The third-order valence-electron chi connectivity index (χ3n) is 5.14. The Labute approximate surface area is 189 Å². The van der Waals surface area contributed by atoms with Crippen molar-refractivity contribution in [3.8, 4) is 5.75 Å². The van der Waals surface area contributed by atoms with Crippen LogP contribution in [-0.4, -0.2) is 28.0 Å². The summed E-state index contributed by atoms with van der Waals surface area (Å²) in [6.07, 6.45) is 0. The third kappa shape index (κ3) is 5.11. The van der Waals surface area contributed by atoms with Crippen LogP contribution in [0.15, 0.2) is 71.6 Å². The van der Waals surface area contributed by atoms with Gasteiger partial charge in [-0.05, 0) is 68.3 Å². The van der Waals surface area contributed by atoms with Crippen LogP contribution in [0.25, 0.3) is 0 Å². The first kappa shape index (κ1) is 23.3. The maximum Gasteiger partial charge on any atom is 0.338 e. The summed E-state index contributed by atoms with van der Waals surface area (Å²) >= 11 is 0. The normalized spacial score (nSPS) is 11.1. The van der Waals surface area contributed by atoms with E-state index < -0.39 is 16.0 Å². The number of sulfonamides is 1. The highest BCUT2D eigenvalue weighted by Gasteiger charge is 2.25. The fourth-order valence-electron chi connectivity index (χ4n) is 3.27. The van der Waals surface area contributed by atoms with E-state index in [4.69, 9.17) is 9.47 Å². The Morgan fingerprint density at radius 3 is 2.19 bits per heavy atom. The Morgan fingerprint density at radius 2 is 1.59 bits per heavy atom. The predicted molar refractivity (Wildman–Crippen MR) is 125 cm³/mol. The Morgan fingerprint density at radius 1 is 0.938 bits per heavy atom. The zero-order valence-electron chi connectivity index (χ0n) is 18.7. The van der Waals surface area contributed by atoms with Crippen molar-refractivity contribution in [1.29, 1.82) is 0 Å². The van der Waals surface area contributed by atoms with Gasteiger partial charge in [0.05, 0.1) is 23.3 Å². The van der Waals surface area contributed by atoms with Crippen LogP contribution in [0.1, 0.15) is 34.0 Å². The van der Waals surface area contributed by atoms with Crippen molar-refractivity contribution in [3.05, 3.63) is 89.0 Å². The Kier molecular flexibility index (Phi) is 7.20. The molecule has 3 rings (SSSR count). The van der Waals surface area contributed by atoms with Gasteiger partial charge in [0.1, 0.15) is 12.4 Å². The first-order valence-electron chi connectivity index (χ1n) is 10.3. The standard InChI is InChI=1S/C25H27NO5S/c1-5-26(32(28,29)23-15-8-19(3)24(16-23)25(27)30-4)21-11-13-22(14-12-21)31-17-20-9-6-18(2)7-10-20/h6-16H,5,17H2,1-4H3. The summed E-state index contributed by atoms with van der Waals surface area (Å²) in [5, 5.41) is 0. The summed E-state index contributed by atoms with van der Waals surface area (Å²) in [5.74, 6) is 0.0729. The van der Waals surface area contributed by atoms with Crippen molar-refractivity contribution in [3.63, 3.8) is 0 Å². The van der Waals surface area contributed by atoms with E-state index >= 15 is 0 Å². The molecule has 3 aromatic carbocycles. The zero-order valence-corrected chi connectivity index (χ0v) is 19.5. The number of carbonyl (C=O) groups is 1. The lowest BCUT2D eigenvalue weighted by atomic mass is 10.1. The van der Waals surface area contributed by atoms with Crippen molar-refractivity contribution >= 4 is 21.7 Å². The van der Waals surface area contributed by atoms with Crippen molar-refractivity contribution in [2.75, 3.05) is 18.0 Å². The second-order valence-electron chi connectivity index (χ2n) is 7.41. The van der Waals surface area contributed by atoms with Crippen LogP contribution >= 0.6 is 0 Å². The number of nitrogens with zero attached hydrogens (tertiary/aromatic N) is 1. The molecule has 0 unspecified atom stereocenters. The summed E-state index contributed by atoms with van der Waals surface area (Å²) in [5.41, 5.74) is 3.62. The molecule has 7 heteroatoms. The lowest BCUT2D eigenvalue weighted by molar-refractivity contribution is 0.0599. The molecule has 0 radical (unpaired) electrons. The molecule has 0 atom stereocenters. The van der Waals surface area contributed by atoms with Crippen LogP contribution in [0.4, 0.5) is 5.69 Å². The number of hydrogen-bond acceptors (Lipinski definition) is 5. The van der Waals surface area contributed by atoms with Gasteiger partial charge in [-0.1, -0.05) is 35.9 Å². The molecule has 0 bridgehead atoms. The predicted octanol–water partition coefficient (Wildman–Crippen LogP) is 4.88. The van der Waals surface area contributed by atoms with Crippen LogP contribution in [0.5, 0.6) is 5.75 Å². The molecule has 168 valence electrons. The van der Waals surface area contributed by atoms with E-state index in [1.165, 1.54) is 29.1 Å². The maximum atomic E-state index is 13.3. The lowest BCUT2D eigenvalue weighted by Gasteiger charge is -2.23. The molecule has 0 spiro atoms. The summed E-state index contributed by atoms with van der Waals surface area (Å²) in [6.45, 7) is 6.18. The number of aryl methyl sites for hydroxylation is 2. The van der Waals surface area contributed by atoms with Gasteiger partial charge in [0.2, 0.25) is 0 Å². The molecule has 0 saturated heterocycles. The highest BCUT2D eigenvalue weighted by molar-refractivity contribution is 7.92. The number of rotatable bonds is 8. The summed E-state index contributed by atoms with van der Waals surface area (Å²) in [6, 6.07) is 19.5. The van der Waals surface area contributed by atoms with E-state index in [1.54, 1.807) is 44.2 Å². The summed E-state index contributed by atoms with van der Waals surface area (Å²) < 4.78 is 38.5. The average Bonchev–Trinajstić information content (AvgIpc) is 2.79. The van der Waals surface area contributed by atoms with Crippen LogP contribution in [0.3, 0.4) is 0 Å². The molecule has 0 aliphatic rings. The fourth-order valence-corrected chi connectivity index (χ4v) is 4.77. The molecular formula is C25H27NO5S. The highest BCUT2D eigenvalue weighted by Crippen LogP contribution is 2.27. The first-order chi connectivity index (χ1) is 15.3. The minimum atomic E-state index is -3.87. The highest BCUT2D eigenvalue weighted by atomic mass is 32.2. The Hall–Kier alpha value is -3.32. The van der Waals surface area contributed by atoms with Crippen molar-refractivity contribution in [2.24, 2.45) is 0 Å². The van der Waals surface area contributed by atoms with E-state index in [-0.39, 0.29) is 17.0 Å². The van der Waals surface area contributed by atoms with E-state index in [0.29, 0.717) is 23.6 Å². The molecule has 0 aliphatic carbocycles. The smallest absolute Gasteiger partial charge is 0.338 e. The molecule has 0 saturated carbocycles. The summed E-state index contributed by atoms with van der Waals surface area (Å²) in [4.78, 5) is 12.0. The summed E-state index contributed by atoms with van der Waals surface area (Å²) in [7, 11) is -2.61. The lowest BCUT2D eigenvalue weighted by Crippen LogP contribution is -2.31. The SMILES string of the molecule is CCN(c1ccc(OCc2ccc(C)cc2)cc1)S(=O)(=O)c1ccc(C)c(C(=O)OC)c1. The Balaban J connectivity index is 1.81. The van der Waals surface area contributed by atoms with Gasteiger partial charge in [0.25, 0.3) is 10.0 Å². The molecular weight excluding hydrogens is 426 g/mol. The number of ether oxygens (including phenoxy) is 2. The van der Waals surface area contributed by atoms with Gasteiger partial charge in [-0.3, -0.25) is 4.31 Å². The fraction of sp³-hybridized carbons (Fsp3) is 0.240. The number of esters is 1. The Bertz CT molecular complexity index is 1190. The number of methoxy groups -OCH3 is 1. The van der Waals surface area contributed by atoms with E-state index in [0.717, 1.165) is 5.56 Å². The van der Waals surface area contributed by atoms with Crippen LogP contribution in [0, 0.1) is 13.8 Å². The molecule has 0 N–H and O–H groups in total. The first-order valence-corrected chi connectivity index (χ1v) is 11.7. The van der Waals surface area contributed by atoms with E-state index in [9.17, 15) is 13.2 Å². The van der Waals surface area contributed by atoms with E-state index in [1.807, 2.05) is 31.2 Å². The zero-order chi connectivity index (χ0) is 23.3. The van der Waals surface area contributed by atoms with Crippen LogP contribution < -0.4 is 9.04 Å². The van der Waals surface area contributed by atoms with Crippen LogP contribution in [0.2, 0.25) is 0 Å². The molecule has 0 fully saturated rings. The van der Waals surface area contributed by atoms with Crippen LogP contribution in [-0.2, 0) is 21.4 Å². The van der Waals surface area contributed by atoms with Gasteiger partial charge in [0.15, 0.2) is 0 Å². The second-order valence-corrected chi connectivity index (χ2v) is 9.27. The quantitative estimate of drug-likeness (QED) is 0.454.